The lowest BCUT2D eigenvalue weighted by Crippen LogP contribution is -2.18. The first-order chi connectivity index (χ1) is 8.66. The summed E-state index contributed by atoms with van der Waals surface area (Å²) in [5.74, 6) is 0.902. The zero-order chi connectivity index (χ0) is 13.0. The summed E-state index contributed by atoms with van der Waals surface area (Å²) in [6.45, 7) is 0.820. The van der Waals surface area contributed by atoms with Crippen molar-refractivity contribution in [3.05, 3.63) is 59.8 Å². The minimum Gasteiger partial charge on any atom is -0.389 e. The van der Waals surface area contributed by atoms with Crippen LogP contribution in [0.2, 0.25) is 0 Å². The van der Waals surface area contributed by atoms with Gasteiger partial charge in [-0.3, -0.25) is 0 Å². The minimum atomic E-state index is 0.375. The Morgan fingerprint density at radius 1 is 1.22 bits per heavy atom. The van der Waals surface area contributed by atoms with Crippen LogP contribution in [-0.4, -0.2) is 17.0 Å². The molecule has 0 bridgehead atoms. The first-order valence-electron chi connectivity index (χ1n) is 5.68. The minimum absolute atomic E-state index is 0.375. The SMILES string of the molecule is CN(Cc1ccccc1)c1ccc(C(N)=S)cn1. The molecule has 2 rings (SSSR count). The van der Waals surface area contributed by atoms with Gasteiger partial charge >= 0.3 is 0 Å². The van der Waals surface area contributed by atoms with Gasteiger partial charge in [-0.2, -0.15) is 0 Å². The number of thiocarbonyl (C=S) groups is 1. The van der Waals surface area contributed by atoms with Gasteiger partial charge in [0.25, 0.3) is 0 Å². The van der Waals surface area contributed by atoms with Crippen LogP contribution in [-0.2, 0) is 6.54 Å². The lowest BCUT2D eigenvalue weighted by Gasteiger charge is -2.18. The van der Waals surface area contributed by atoms with Crippen molar-refractivity contribution in [2.75, 3.05) is 11.9 Å². The summed E-state index contributed by atoms with van der Waals surface area (Å²) in [6, 6.07) is 14.1. The Morgan fingerprint density at radius 2 is 1.94 bits per heavy atom. The molecule has 0 aliphatic carbocycles. The van der Waals surface area contributed by atoms with Crippen molar-refractivity contribution in [3.8, 4) is 0 Å². The van der Waals surface area contributed by atoms with Crippen molar-refractivity contribution in [2.45, 2.75) is 6.54 Å². The Bertz CT molecular complexity index is 522. The van der Waals surface area contributed by atoms with E-state index >= 15 is 0 Å². The van der Waals surface area contributed by atoms with Gasteiger partial charge in [-0.05, 0) is 17.7 Å². The van der Waals surface area contributed by atoms with Crippen LogP contribution >= 0.6 is 12.2 Å². The summed E-state index contributed by atoms with van der Waals surface area (Å²) in [7, 11) is 2.01. The van der Waals surface area contributed by atoms with Crippen LogP contribution in [0.1, 0.15) is 11.1 Å². The number of benzene rings is 1. The average molecular weight is 257 g/mol. The van der Waals surface area contributed by atoms with E-state index in [9.17, 15) is 0 Å². The van der Waals surface area contributed by atoms with Crippen LogP contribution in [0.15, 0.2) is 48.7 Å². The number of pyridine rings is 1. The van der Waals surface area contributed by atoms with Crippen LogP contribution in [0, 0.1) is 0 Å². The lowest BCUT2D eigenvalue weighted by molar-refractivity contribution is 0.898. The fraction of sp³-hybridized carbons (Fsp3) is 0.143. The summed E-state index contributed by atoms with van der Waals surface area (Å²) in [5, 5.41) is 0. The molecule has 0 unspecified atom stereocenters. The van der Waals surface area contributed by atoms with Gasteiger partial charge in [0.05, 0.1) is 0 Å². The molecule has 4 heteroatoms. The number of rotatable bonds is 4. The van der Waals surface area contributed by atoms with E-state index in [4.69, 9.17) is 18.0 Å². The van der Waals surface area contributed by atoms with Gasteiger partial charge in [-0.25, -0.2) is 4.98 Å². The van der Waals surface area contributed by atoms with Crippen molar-refractivity contribution in [3.63, 3.8) is 0 Å². The number of aromatic nitrogens is 1. The molecule has 0 radical (unpaired) electrons. The normalized spacial score (nSPS) is 10.1. The molecular weight excluding hydrogens is 242 g/mol. The van der Waals surface area contributed by atoms with Gasteiger partial charge in [0.15, 0.2) is 0 Å². The molecule has 18 heavy (non-hydrogen) atoms. The monoisotopic (exact) mass is 257 g/mol. The molecule has 2 N–H and O–H groups in total. The van der Waals surface area contributed by atoms with E-state index in [1.807, 2.05) is 37.4 Å². The zero-order valence-corrected chi connectivity index (χ0v) is 11.0. The molecule has 2 aromatic rings. The van der Waals surface area contributed by atoms with Crippen molar-refractivity contribution < 1.29 is 0 Å². The average Bonchev–Trinajstić information content (AvgIpc) is 2.40. The predicted molar refractivity (Wildman–Crippen MR) is 78.7 cm³/mol. The molecular formula is C14H15N3S. The van der Waals surface area contributed by atoms with Crippen molar-refractivity contribution >= 4 is 23.0 Å². The van der Waals surface area contributed by atoms with Crippen LogP contribution in [0.5, 0.6) is 0 Å². The summed E-state index contributed by atoms with van der Waals surface area (Å²) in [6.07, 6.45) is 1.71. The van der Waals surface area contributed by atoms with E-state index in [1.165, 1.54) is 5.56 Å². The van der Waals surface area contributed by atoms with Crippen molar-refractivity contribution in [1.29, 1.82) is 0 Å². The third kappa shape index (κ3) is 3.05. The highest BCUT2D eigenvalue weighted by atomic mass is 32.1. The highest BCUT2D eigenvalue weighted by molar-refractivity contribution is 7.80. The zero-order valence-electron chi connectivity index (χ0n) is 10.2. The van der Waals surface area contributed by atoms with E-state index in [0.717, 1.165) is 17.9 Å². The molecule has 1 aromatic heterocycles. The van der Waals surface area contributed by atoms with Gasteiger partial charge in [-0.15, -0.1) is 0 Å². The predicted octanol–water partition coefficient (Wildman–Crippen LogP) is 2.35. The van der Waals surface area contributed by atoms with Gasteiger partial charge in [0.2, 0.25) is 0 Å². The maximum absolute atomic E-state index is 5.54. The Hall–Kier alpha value is -1.94. The van der Waals surface area contributed by atoms with Crippen molar-refractivity contribution in [2.24, 2.45) is 5.73 Å². The molecule has 1 aromatic carbocycles. The van der Waals surface area contributed by atoms with Gasteiger partial charge in [0.1, 0.15) is 10.8 Å². The Balaban J connectivity index is 2.09. The third-order valence-corrected chi connectivity index (χ3v) is 2.92. The van der Waals surface area contributed by atoms with Crippen LogP contribution in [0.3, 0.4) is 0 Å². The van der Waals surface area contributed by atoms with E-state index < -0.39 is 0 Å². The molecule has 0 spiro atoms. The summed E-state index contributed by atoms with van der Waals surface area (Å²) >= 11 is 4.90. The Labute approximate surface area is 112 Å². The largest absolute Gasteiger partial charge is 0.389 e. The molecule has 0 amide bonds. The highest BCUT2D eigenvalue weighted by Crippen LogP contribution is 2.13. The molecule has 92 valence electrons. The maximum atomic E-state index is 5.54. The van der Waals surface area contributed by atoms with Crippen LogP contribution in [0.4, 0.5) is 5.82 Å². The molecule has 0 fully saturated rings. The first kappa shape index (κ1) is 12.5. The summed E-state index contributed by atoms with van der Waals surface area (Å²) < 4.78 is 0. The van der Waals surface area contributed by atoms with Crippen LogP contribution in [0.25, 0.3) is 0 Å². The second kappa shape index (κ2) is 5.60. The number of nitrogens with zero attached hydrogens (tertiary/aromatic N) is 2. The second-order valence-corrected chi connectivity index (χ2v) is 4.55. The van der Waals surface area contributed by atoms with E-state index in [2.05, 4.69) is 22.0 Å². The number of hydrogen-bond acceptors (Lipinski definition) is 3. The molecule has 0 aliphatic rings. The standard InChI is InChI=1S/C14H15N3S/c1-17(10-11-5-3-2-4-6-11)13-8-7-12(9-16-13)14(15)18/h2-9H,10H2,1H3,(H2,15,18). The molecule has 0 saturated heterocycles. The van der Waals surface area contributed by atoms with Gasteiger partial charge < -0.3 is 10.6 Å². The molecule has 1 heterocycles. The Morgan fingerprint density at radius 3 is 2.50 bits per heavy atom. The quantitative estimate of drug-likeness (QED) is 0.854. The highest BCUT2D eigenvalue weighted by Gasteiger charge is 2.04. The molecule has 0 saturated carbocycles. The third-order valence-electron chi connectivity index (χ3n) is 2.69. The lowest BCUT2D eigenvalue weighted by atomic mass is 10.2. The number of nitrogens with two attached hydrogens (primary N) is 1. The Kier molecular flexibility index (Phi) is 3.89. The number of anilines is 1. The molecule has 3 nitrogen and oxygen atoms in total. The maximum Gasteiger partial charge on any atom is 0.128 e. The van der Waals surface area contributed by atoms with Gasteiger partial charge in [0, 0.05) is 25.4 Å². The molecule has 0 aliphatic heterocycles. The fourth-order valence-corrected chi connectivity index (χ4v) is 1.82. The summed E-state index contributed by atoms with van der Waals surface area (Å²) in [5.41, 5.74) is 7.58. The fourth-order valence-electron chi connectivity index (χ4n) is 1.70. The molecule has 0 atom stereocenters. The second-order valence-electron chi connectivity index (χ2n) is 4.11. The van der Waals surface area contributed by atoms with Crippen molar-refractivity contribution in [1.82, 2.24) is 4.98 Å². The topological polar surface area (TPSA) is 42.1 Å². The first-order valence-corrected chi connectivity index (χ1v) is 6.08. The van der Waals surface area contributed by atoms with Gasteiger partial charge in [-0.1, -0.05) is 42.5 Å². The number of hydrogen-bond donors (Lipinski definition) is 1. The summed E-state index contributed by atoms with van der Waals surface area (Å²) in [4.78, 5) is 6.81. The smallest absolute Gasteiger partial charge is 0.128 e. The van der Waals surface area contributed by atoms with E-state index in [1.54, 1.807) is 6.20 Å². The van der Waals surface area contributed by atoms with Crippen LogP contribution < -0.4 is 10.6 Å². The van der Waals surface area contributed by atoms with E-state index in [0.29, 0.717) is 4.99 Å². The van der Waals surface area contributed by atoms with E-state index in [-0.39, 0.29) is 0 Å².